The van der Waals surface area contributed by atoms with E-state index >= 15 is 0 Å². The maximum absolute atomic E-state index is 12.6. The van der Waals surface area contributed by atoms with E-state index in [0.29, 0.717) is 11.9 Å². The van der Waals surface area contributed by atoms with Crippen molar-refractivity contribution in [3.05, 3.63) is 11.6 Å². The molecule has 1 aromatic rings. The number of amides is 1. The SMILES string of the molecule is CCCCC1CCC(C(=O)NC2CCN(c3nccs3)CC2)CC1. The summed E-state index contributed by atoms with van der Waals surface area (Å²) >= 11 is 1.70. The molecule has 1 N–H and O–H groups in total. The number of nitrogens with one attached hydrogen (secondary N) is 1. The van der Waals surface area contributed by atoms with Gasteiger partial charge in [0, 0.05) is 36.6 Å². The zero-order valence-corrected chi connectivity index (χ0v) is 15.7. The van der Waals surface area contributed by atoms with Crippen molar-refractivity contribution in [3.8, 4) is 0 Å². The molecule has 0 spiro atoms. The molecule has 1 saturated carbocycles. The van der Waals surface area contributed by atoms with Crippen molar-refractivity contribution in [3.63, 3.8) is 0 Å². The third-order valence-corrected chi connectivity index (χ3v) is 6.55. The van der Waals surface area contributed by atoms with Crippen LogP contribution in [-0.2, 0) is 4.79 Å². The smallest absolute Gasteiger partial charge is 0.223 e. The second-order valence-corrected chi connectivity index (χ2v) is 8.32. The van der Waals surface area contributed by atoms with Crippen LogP contribution in [0.3, 0.4) is 0 Å². The summed E-state index contributed by atoms with van der Waals surface area (Å²) in [5.74, 6) is 1.45. The lowest BCUT2D eigenvalue weighted by atomic mass is 9.79. The van der Waals surface area contributed by atoms with Crippen molar-refractivity contribution in [2.24, 2.45) is 11.8 Å². The van der Waals surface area contributed by atoms with E-state index in [0.717, 1.165) is 49.8 Å². The van der Waals surface area contributed by atoms with Gasteiger partial charge in [0.2, 0.25) is 5.91 Å². The summed E-state index contributed by atoms with van der Waals surface area (Å²) in [4.78, 5) is 19.3. The van der Waals surface area contributed by atoms with Crippen LogP contribution in [0, 0.1) is 11.8 Å². The minimum Gasteiger partial charge on any atom is -0.353 e. The number of hydrogen-bond acceptors (Lipinski definition) is 4. The highest BCUT2D eigenvalue weighted by molar-refractivity contribution is 7.13. The molecular weight excluding hydrogens is 318 g/mol. The van der Waals surface area contributed by atoms with Crippen LogP contribution >= 0.6 is 11.3 Å². The molecule has 1 saturated heterocycles. The van der Waals surface area contributed by atoms with E-state index in [1.807, 2.05) is 11.6 Å². The Bertz CT molecular complexity index is 489. The number of hydrogen-bond donors (Lipinski definition) is 1. The first-order chi connectivity index (χ1) is 11.8. The van der Waals surface area contributed by atoms with Gasteiger partial charge in [-0.25, -0.2) is 4.98 Å². The van der Waals surface area contributed by atoms with Gasteiger partial charge < -0.3 is 10.2 Å². The number of carbonyl (C=O) groups is 1. The van der Waals surface area contributed by atoms with Gasteiger partial charge in [-0.15, -0.1) is 11.3 Å². The lowest BCUT2D eigenvalue weighted by Gasteiger charge is -2.34. The van der Waals surface area contributed by atoms with E-state index in [-0.39, 0.29) is 5.92 Å². The summed E-state index contributed by atoms with van der Waals surface area (Å²) in [5, 5.41) is 6.47. The predicted octanol–water partition coefficient (Wildman–Crippen LogP) is 4.22. The molecule has 0 radical (unpaired) electrons. The van der Waals surface area contributed by atoms with E-state index in [2.05, 4.69) is 22.1 Å². The first-order valence-electron chi connectivity index (χ1n) is 9.71. The highest BCUT2D eigenvalue weighted by Crippen LogP contribution is 2.32. The van der Waals surface area contributed by atoms with Crippen molar-refractivity contribution in [1.82, 2.24) is 10.3 Å². The summed E-state index contributed by atoms with van der Waals surface area (Å²) in [6.45, 7) is 4.27. The number of aromatic nitrogens is 1. The fraction of sp³-hybridized carbons (Fsp3) is 0.789. The quantitative estimate of drug-likeness (QED) is 0.836. The van der Waals surface area contributed by atoms with Crippen LogP contribution in [0.15, 0.2) is 11.6 Å². The minimum atomic E-state index is 0.264. The third-order valence-electron chi connectivity index (χ3n) is 5.71. The van der Waals surface area contributed by atoms with Crippen molar-refractivity contribution >= 4 is 22.4 Å². The molecule has 4 nitrogen and oxygen atoms in total. The minimum absolute atomic E-state index is 0.264. The summed E-state index contributed by atoms with van der Waals surface area (Å²) in [6.07, 6.45) is 12.6. The molecule has 1 aliphatic carbocycles. The fourth-order valence-electron chi connectivity index (χ4n) is 4.11. The second kappa shape index (κ2) is 8.84. The molecular formula is C19H31N3OS. The van der Waals surface area contributed by atoms with E-state index in [9.17, 15) is 4.79 Å². The molecule has 0 unspecified atom stereocenters. The molecule has 1 aromatic heterocycles. The van der Waals surface area contributed by atoms with Crippen LogP contribution in [0.4, 0.5) is 5.13 Å². The van der Waals surface area contributed by atoms with E-state index in [1.165, 1.54) is 32.1 Å². The standard InChI is InChI=1S/C19H31N3OS/c1-2-3-4-15-5-7-16(8-6-15)18(23)21-17-9-12-22(13-10-17)19-20-11-14-24-19/h11,14-17H,2-10,12-13H2,1H3,(H,21,23). The topological polar surface area (TPSA) is 45.2 Å². The Labute approximate surface area is 150 Å². The van der Waals surface area contributed by atoms with Crippen LogP contribution in [0.25, 0.3) is 0 Å². The van der Waals surface area contributed by atoms with Crippen LogP contribution < -0.4 is 10.2 Å². The number of rotatable bonds is 6. The molecule has 0 atom stereocenters. The van der Waals surface area contributed by atoms with Gasteiger partial charge in [0.25, 0.3) is 0 Å². The van der Waals surface area contributed by atoms with Gasteiger partial charge in [0.1, 0.15) is 0 Å². The highest BCUT2D eigenvalue weighted by Gasteiger charge is 2.28. The maximum Gasteiger partial charge on any atom is 0.223 e. The summed E-state index contributed by atoms with van der Waals surface area (Å²) in [5.41, 5.74) is 0. The summed E-state index contributed by atoms with van der Waals surface area (Å²) < 4.78 is 0. The van der Waals surface area contributed by atoms with Gasteiger partial charge in [-0.05, 0) is 44.4 Å². The monoisotopic (exact) mass is 349 g/mol. The van der Waals surface area contributed by atoms with Gasteiger partial charge in [-0.2, -0.15) is 0 Å². The number of anilines is 1. The molecule has 1 aliphatic heterocycles. The van der Waals surface area contributed by atoms with Gasteiger partial charge in [0.05, 0.1) is 0 Å². The zero-order chi connectivity index (χ0) is 16.8. The van der Waals surface area contributed by atoms with E-state index in [1.54, 1.807) is 11.3 Å². The Kier molecular flexibility index (Phi) is 6.52. The highest BCUT2D eigenvalue weighted by atomic mass is 32.1. The average Bonchev–Trinajstić information content (AvgIpc) is 3.15. The Balaban J connectivity index is 1.37. The third kappa shape index (κ3) is 4.71. The van der Waals surface area contributed by atoms with Crippen molar-refractivity contribution in [2.75, 3.05) is 18.0 Å². The normalized spacial score (nSPS) is 25.6. The molecule has 24 heavy (non-hydrogen) atoms. The first-order valence-corrected chi connectivity index (χ1v) is 10.6. The zero-order valence-electron chi connectivity index (χ0n) is 14.9. The molecule has 0 bridgehead atoms. The molecule has 2 fully saturated rings. The molecule has 134 valence electrons. The molecule has 5 heteroatoms. The molecule has 0 aromatic carbocycles. The van der Waals surface area contributed by atoms with Crippen molar-refractivity contribution in [2.45, 2.75) is 70.8 Å². The Morgan fingerprint density at radius 2 is 2.00 bits per heavy atom. The average molecular weight is 350 g/mol. The number of piperidine rings is 1. The second-order valence-electron chi connectivity index (χ2n) is 7.44. The fourth-order valence-corrected chi connectivity index (χ4v) is 4.81. The number of nitrogens with zero attached hydrogens (tertiary/aromatic N) is 2. The van der Waals surface area contributed by atoms with Gasteiger partial charge in [-0.3, -0.25) is 4.79 Å². The lowest BCUT2D eigenvalue weighted by Crippen LogP contribution is -2.46. The van der Waals surface area contributed by atoms with Gasteiger partial charge in [0.15, 0.2) is 5.13 Å². The number of thiazole rings is 1. The Morgan fingerprint density at radius 1 is 1.25 bits per heavy atom. The van der Waals surface area contributed by atoms with E-state index < -0.39 is 0 Å². The van der Waals surface area contributed by atoms with Crippen molar-refractivity contribution < 1.29 is 4.79 Å². The largest absolute Gasteiger partial charge is 0.353 e. The molecule has 1 amide bonds. The molecule has 2 heterocycles. The van der Waals surface area contributed by atoms with Crippen LogP contribution in [0.2, 0.25) is 0 Å². The summed E-state index contributed by atoms with van der Waals surface area (Å²) in [7, 11) is 0. The lowest BCUT2D eigenvalue weighted by molar-refractivity contribution is -0.127. The molecule has 3 rings (SSSR count). The first kappa shape index (κ1) is 17.7. The predicted molar refractivity (Wildman–Crippen MR) is 100 cm³/mol. The van der Waals surface area contributed by atoms with Crippen LogP contribution in [-0.4, -0.2) is 30.0 Å². The Hall–Kier alpha value is -1.10. The van der Waals surface area contributed by atoms with Gasteiger partial charge in [-0.1, -0.05) is 26.2 Å². The number of unbranched alkanes of at least 4 members (excludes halogenated alkanes) is 1. The number of carbonyl (C=O) groups excluding carboxylic acids is 1. The van der Waals surface area contributed by atoms with Crippen molar-refractivity contribution in [1.29, 1.82) is 0 Å². The van der Waals surface area contributed by atoms with Crippen LogP contribution in [0.5, 0.6) is 0 Å². The van der Waals surface area contributed by atoms with Gasteiger partial charge >= 0.3 is 0 Å². The van der Waals surface area contributed by atoms with E-state index in [4.69, 9.17) is 0 Å². The summed E-state index contributed by atoms with van der Waals surface area (Å²) in [6, 6.07) is 0.353. The molecule has 2 aliphatic rings. The maximum atomic E-state index is 12.6. The Morgan fingerprint density at radius 3 is 2.62 bits per heavy atom. The van der Waals surface area contributed by atoms with Crippen LogP contribution in [0.1, 0.15) is 64.7 Å².